The summed E-state index contributed by atoms with van der Waals surface area (Å²) in [5.74, 6) is 1.11. The van der Waals surface area contributed by atoms with E-state index in [0.29, 0.717) is 6.04 Å². The van der Waals surface area contributed by atoms with Crippen molar-refractivity contribution in [2.24, 2.45) is 5.73 Å². The van der Waals surface area contributed by atoms with Gasteiger partial charge in [0, 0.05) is 34.0 Å². The molecule has 1 aliphatic carbocycles. The highest BCUT2D eigenvalue weighted by Crippen LogP contribution is 2.36. The lowest BCUT2D eigenvalue weighted by atomic mass is 10.1. The van der Waals surface area contributed by atoms with Crippen LogP contribution in [0.4, 0.5) is 5.82 Å². The Hall–Kier alpha value is -1.13. The summed E-state index contributed by atoms with van der Waals surface area (Å²) in [6, 6.07) is 9.03. The number of nitrogens with zero attached hydrogens (tertiary/aromatic N) is 2. The van der Waals surface area contributed by atoms with Gasteiger partial charge in [-0.25, -0.2) is 4.98 Å². The molecule has 1 aliphatic rings. The number of halogens is 1. The van der Waals surface area contributed by atoms with Gasteiger partial charge in [-0.3, -0.25) is 0 Å². The molecule has 0 aliphatic heterocycles. The molecule has 1 saturated carbocycles. The van der Waals surface area contributed by atoms with Crippen LogP contribution in [0.5, 0.6) is 0 Å². The quantitative estimate of drug-likeness (QED) is 0.919. The predicted octanol–water partition coefficient (Wildman–Crippen LogP) is 3.31. The minimum Gasteiger partial charge on any atom is -0.353 e. The number of nitrogens with two attached hydrogens (primary N) is 1. The molecule has 1 heterocycles. The van der Waals surface area contributed by atoms with E-state index in [9.17, 15) is 0 Å². The van der Waals surface area contributed by atoms with Crippen LogP contribution in [-0.4, -0.2) is 24.1 Å². The Kier molecular flexibility index (Phi) is 3.71. The molecule has 2 N–H and O–H groups in total. The van der Waals surface area contributed by atoms with Gasteiger partial charge >= 0.3 is 0 Å². The highest BCUT2D eigenvalue weighted by atomic mass is 79.9. The number of rotatable bonds is 5. The summed E-state index contributed by atoms with van der Waals surface area (Å²) >= 11 is 3.62. The number of anilines is 1. The summed E-state index contributed by atoms with van der Waals surface area (Å²) in [4.78, 5) is 7.06. The Balaban J connectivity index is 2.04. The molecular formula is C15H18BrN3. The Morgan fingerprint density at radius 2 is 2.11 bits per heavy atom. The zero-order valence-electron chi connectivity index (χ0n) is 10.8. The van der Waals surface area contributed by atoms with Crippen molar-refractivity contribution in [1.82, 2.24) is 4.98 Å². The third kappa shape index (κ3) is 2.60. The van der Waals surface area contributed by atoms with Gasteiger partial charge in [-0.2, -0.15) is 0 Å². The Labute approximate surface area is 121 Å². The minimum atomic E-state index is 0.656. The van der Waals surface area contributed by atoms with E-state index in [1.807, 2.05) is 6.20 Å². The predicted molar refractivity (Wildman–Crippen MR) is 83.5 cm³/mol. The maximum absolute atomic E-state index is 5.66. The SMILES string of the molecule is NCCCN(c1nccc2c(Br)cccc12)C1CC1. The van der Waals surface area contributed by atoms with E-state index >= 15 is 0 Å². The maximum atomic E-state index is 5.66. The normalized spacial score (nSPS) is 14.8. The van der Waals surface area contributed by atoms with Crippen LogP contribution in [0.1, 0.15) is 19.3 Å². The molecule has 2 aromatic rings. The fourth-order valence-corrected chi connectivity index (χ4v) is 2.99. The van der Waals surface area contributed by atoms with Gasteiger partial charge < -0.3 is 10.6 Å². The number of fused-ring (bicyclic) bond motifs is 1. The Morgan fingerprint density at radius 1 is 1.26 bits per heavy atom. The van der Waals surface area contributed by atoms with Crippen molar-refractivity contribution < 1.29 is 0 Å². The molecule has 0 atom stereocenters. The van der Waals surface area contributed by atoms with E-state index in [2.05, 4.69) is 50.1 Å². The standard InChI is InChI=1S/C15H18BrN3/c16-14-4-1-3-13-12(14)7-9-18-15(13)19(10-2-8-17)11-5-6-11/h1,3-4,7,9,11H,2,5-6,8,10,17H2. The smallest absolute Gasteiger partial charge is 0.136 e. The summed E-state index contributed by atoms with van der Waals surface area (Å²) in [5, 5.41) is 2.45. The number of pyridine rings is 1. The fourth-order valence-electron chi connectivity index (χ4n) is 2.49. The zero-order chi connectivity index (χ0) is 13.2. The molecule has 19 heavy (non-hydrogen) atoms. The van der Waals surface area contributed by atoms with Gasteiger partial charge in [0.25, 0.3) is 0 Å². The van der Waals surface area contributed by atoms with Crippen molar-refractivity contribution in [3.63, 3.8) is 0 Å². The molecule has 100 valence electrons. The number of benzene rings is 1. The minimum absolute atomic E-state index is 0.656. The van der Waals surface area contributed by atoms with Crippen molar-refractivity contribution in [3.8, 4) is 0 Å². The van der Waals surface area contributed by atoms with Gasteiger partial charge in [0.2, 0.25) is 0 Å². The van der Waals surface area contributed by atoms with Crippen LogP contribution in [0.25, 0.3) is 10.8 Å². The van der Waals surface area contributed by atoms with Crippen LogP contribution in [-0.2, 0) is 0 Å². The number of hydrogen-bond acceptors (Lipinski definition) is 3. The number of aromatic nitrogens is 1. The second-order valence-electron chi connectivity index (χ2n) is 5.04. The highest BCUT2D eigenvalue weighted by molar-refractivity contribution is 9.10. The molecule has 0 unspecified atom stereocenters. The first-order valence-electron chi connectivity index (χ1n) is 6.81. The molecule has 3 rings (SSSR count). The van der Waals surface area contributed by atoms with E-state index in [1.54, 1.807) is 0 Å². The molecule has 0 saturated heterocycles. The van der Waals surface area contributed by atoms with Crippen LogP contribution in [0.3, 0.4) is 0 Å². The zero-order valence-corrected chi connectivity index (χ0v) is 12.4. The lowest BCUT2D eigenvalue weighted by Crippen LogP contribution is -2.29. The van der Waals surface area contributed by atoms with Crippen molar-refractivity contribution in [2.75, 3.05) is 18.0 Å². The van der Waals surface area contributed by atoms with Gasteiger partial charge in [0.1, 0.15) is 5.82 Å². The van der Waals surface area contributed by atoms with Gasteiger partial charge in [-0.1, -0.05) is 28.1 Å². The molecule has 0 amide bonds. The molecule has 0 bridgehead atoms. The van der Waals surface area contributed by atoms with Crippen molar-refractivity contribution in [3.05, 3.63) is 34.9 Å². The van der Waals surface area contributed by atoms with Crippen LogP contribution in [0.2, 0.25) is 0 Å². The van der Waals surface area contributed by atoms with E-state index < -0.39 is 0 Å². The largest absolute Gasteiger partial charge is 0.353 e. The second kappa shape index (κ2) is 5.47. The summed E-state index contributed by atoms with van der Waals surface area (Å²) in [7, 11) is 0. The lowest BCUT2D eigenvalue weighted by Gasteiger charge is -2.24. The molecule has 4 heteroatoms. The molecule has 0 spiro atoms. The lowest BCUT2D eigenvalue weighted by molar-refractivity contribution is 0.726. The molecule has 3 nitrogen and oxygen atoms in total. The van der Waals surface area contributed by atoms with Crippen LogP contribution >= 0.6 is 15.9 Å². The van der Waals surface area contributed by atoms with E-state index in [0.717, 1.165) is 29.8 Å². The molecule has 1 fully saturated rings. The highest BCUT2D eigenvalue weighted by Gasteiger charge is 2.30. The maximum Gasteiger partial charge on any atom is 0.136 e. The molecule has 0 radical (unpaired) electrons. The van der Waals surface area contributed by atoms with Gasteiger partial charge in [-0.05, 0) is 37.9 Å². The molecule has 1 aromatic heterocycles. The van der Waals surface area contributed by atoms with Gasteiger partial charge in [0.15, 0.2) is 0 Å². The Bertz CT molecular complexity index is 581. The first kappa shape index (κ1) is 12.9. The first-order chi connectivity index (χ1) is 9.31. The molecule has 1 aromatic carbocycles. The van der Waals surface area contributed by atoms with E-state index in [4.69, 9.17) is 5.73 Å². The van der Waals surface area contributed by atoms with Crippen LogP contribution < -0.4 is 10.6 Å². The van der Waals surface area contributed by atoms with E-state index in [1.165, 1.54) is 23.6 Å². The van der Waals surface area contributed by atoms with Gasteiger partial charge in [-0.15, -0.1) is 0 Å². The first-order valence-corrected chi connectivity index (χ1v) is 7.60. The van der Waals surface area contributed by atoms with Crippen molar-refractivity contribution in [2.45, 2.75) is 25.3 Å². The average Bonchev–Trinajstić information content (AvgIpc) is 3.25. The Morgan fingerprint density at radius 3 is 2.84 bits per heavy atom. The fraction of sp³-hybridized carbons (Fsp3) is 0.400. The summed E-state index contributed by atoms with van der Waals surface area (Å²) in [5.41, 5.74) is 5.66. The van der Waals surface area contributed by atoms with Crippen LogP contribution in [0.15, 0.2) is 34.9 Å². The number of hydrogen-bond donors (Lipinski definition) is 1. The monoisotopic (exact) mass is 319 g/mol. The second-order valence-corrected chi connectivity index (χ2v) is 5.89. The van der Waals surface area contributed by atoms with Gasteiger partial charge in [0.05, 0.1) is 0 Å². The summed E-state index contributed by atoms with van der Waals surface area (Å²) in [6.45, 7) is 1.73. The summed E-state index contributed by atoms with van der Waals surface area (Å²) in [6.07, 6.45) is 5.47. The van der Waals surface area contributed by atoms with Crippen molar-refractivity contribution in [1.29, 1.82) is 0 Å². The third-order valence-corrected chi connectivity index (χ3v) is 4.29. The van der Waals surface area contributed by atoms with E-state index in [-0.39, 0.29) is 0 Å². The molecular weight excluding hydrogens is 302 g/mol. The van der Waals surface area contributed by atoms with Crippen LogP contribution in [0, 0.1) is 0 Å². The third-order valence-electron chi connectivity index (χ3n) is 3.59. The average molecular weight is 320 g/mol. The summed E-state index contributed by atoms with van der Waals surface area (Å²) < 4.78 is 1.13. The topological polar surface area (TPSA) is 42.1 Å². The van der Waals surface area contributed by atoms with Crippen molar-refractivity contribution >= 4 is 32.5 Å².